The zero-order valence-corrected chi connectivity index (χ0v) is 86.9. The summed E-state index contributed by atoms with van der Waals surface area (Å²) in [5.41, 5.74) is 9.73. The van der Waals surface area contributed by atoms with E-state index in [-0.39, 0.29) is 14.9 Å². The van der Waals surface area contributed by atoms with Gasteiger partial charge in [-0.2, -0.15) is 5.10 Å². The van der Waals surface area contributed by atoms with E-state index in [0.29, 0.717) is 12.7 Å². The molecule has 16 heteroatoms. The molecule has 0 unspecified atom stereocenters. The third-order valence-electron chi connectivity index (χ3n) is 11.7. The van der Waals surface area contributed by atoms with Gasteiger partial charge in [-0.15, -0.1) is 0 Å². The van der Waals surface area contributed by atoms with Gasteiger partial charge in [0.1, 0.15) is 23.3 Å². The van der Waals surface area contributed by atoms with E-state index >= 15 is 0 Å². The van der Waals surface area contributed by atoms with E-state index < -0.39 is 0 Å². The molecule has 0 aliphatic carbocycles. The van der Waals surface area contributed by atoms with Gasteiger partial charge in [0, 0.05) is 107 Å². The molecule has 0 amide bonds. The Balaban J connectivity index is -0.000000142. The molecule has 0 fully saturated rings. The molecular weight excluding hydrogens is 1550 g/mol. The maximum Gasteiger partial charge on any atom is 0.231 e. The molecule has 0 N–H and O–H groups in total. The number of benzene rings is 3. The van der Waals surface area contributed by atoms with Gasteiger partial charge in [-0.3, -0.25) is 9.98 Å². The van der Waals surface area contributed by atoms with Crippen molar-refractivity contribution in [3.8, 4) is 17.2 Å². The second-order valence-electron chi connectivity index (χ2n) is 30.6. The number of nitrogens with zero attached hydrogens (tertiary/aromatic N) is 13. The molecule has 0 saturated carbocycles. The number of aromatic nitrogens is 11. The van der Waals surface area contributed by atoms with Crippen LogP contribution in [-0.2, 0) is 20.5 Å². The molecule has 16 rings (SSSR count). The summed E-state index contributed by atoms with van der Waals surface area (Å²) in [5.74, 6) is 9.93. The average molecular weight is 1740 g/mol. The second kappa shape index (κ2) is 93.8. The lowest BCUT2D eigenvalue weighted by Crippen LogP contribution is -2.11. The molecule has 10 aromatic heterocycles. The Morgan fingerprint density at radius 3 is 1.11 bits per heavy atom. The zero-order valence-electron chi connectivity index (χ0n) is 86.9. The molecule has 3 aliphatic heterocycles. The second-order valence-corrected chi connectivity index (χ2v) is 30.6. The fourth-order valence-electron chi connectivity index (χ4n) is 7.74. The summed E-state index contributed by atoms with van der Waals surface area (Å²) in [6.07, 6.45) is 25.4. The first-order valence-corrected chi connectivity index (χ1v) is 46.1. The lowest BCUT2D eigenvalue weighted by atomic mass is 10.2. The van der Waals surface area contributed by atoms with Crippen molar-refractivity contribution in [3.05, 3.63) is 256 Å². The number of fused-ring (bicyclic) bond motifs is 8. The van der Waals surface area contributed by atoms with E-state index in [9.17, 15) is 0 Å². The molecule has 0 atom stereocenters. The topological polar surface area (TPSA) is 144 Å². The van der Waals surface area contributed by atoms with Gasteiger partial charge in [-0.25, -0.2) is 24.5 Å². The van der Waals surface area contributed by atoms with Crippen molar-refractivity contribution in [2.45, 2.75) is 298 Å². The number of hydrogen-bond donors (Lipinski definition) is 0. The molecule has 13 heterocycles. The van der Waals surface area contributed by atoms with Crippen LogP contribution in [0, 0.1) is 47.3 Å². The van der Waals surface area contributed by atoms with E-state index in [1.807, 2.05) is 352 Å². The Labute approximate surface area is 775 Å². The highest BCUT2D eigenvalue weighted by Crippen LogP contribution is 2.36. The van der Waals surface area contributed by atoms with Gasteiger partial charge in [-0.05, 0) is 163 Å². The van der Waals surface area contributed by atoms with Gasteiger partial charge in [0.2, 0.25) is 6.79 Å². The van der Waals surface area contributed by atoms with Gasteiger partial charge < -0.3 is 37.0 Å². The van der Waals surface area contributed by atoms with Crippen molar-refractivity contribution in [2.24, 2.45) is 66.4 Å². The number of aryl methyl sites for hydroxylation is 2. The molecule has 16 nitrogen and oxygen atoms in total. The number of pyridine rings is 5. The monoisotopic (exact) mass is 1740 g/mol. The van der Waals surface area contributed by atoms with E-state index in [1.54, 1.807) is 16.9 Å². The van der Waals surface area contributed by atoms with E-state index in [0.717, 1.165) is 110 Å². The minimum absolute atomic E-state index is 0. The van der Waals surface area contributed by atoms with Crippen LogP contribution < -0.4 is 19.1 Å². The number of hydrogen-bond acceptors (Lipinski definition) is 11. The maximum atomic E-state index is 5.35. The van der Waals surface area contributed by atoms with Crippen molar-refractivity contribution in [2.75, 3.05) is 18.7 Å². The van der Waals surface area contributed by atoms with Gasteiger partial charge >= 0.3 is 0 Å². The summed E-state index contributed by atoms with van der Waals surface area (Å²) in [7, 11) is 5.95. The number of anilines is 1. The fourth-order valence-corrected chi connectivity index (χ4v) is 7.74. The Morgan fingerprint density at radius 1 is 0.333 bits per heavy atom. The molecule has 0 spiro atoms. The number of aliphatic imine (C=N–C) groups is 1. The van der Waals surface area contributed by atoms with Crippen LogP contribution in [-0.4, -0.2) is 72.5 Å². The van der Waals surface area contributed by atoms with Crippen LogP contribution in [0.1, 0.15) is 297 Å². The third kappa shape index (κ3) is 76.1. The molecule has 3 aromatic carbocycles. The summed E-state index contributed by atoms with van der Waals surface area (Å²) >= 11 is 0. The van der Waals surface area contributed by atoms with Crippen molar-refractivity contribution < 1.29 is 14.2 Å². The van der Waals surface area contributed by atoms with Gasteiger partial charge in [0.05, 0.1) is 22.4 Å². The highest BCUT2D eigenvalue weighted by atomic mass is 16.7. The van der Waals surface area contributed by atoms with Crippen molar-refractivity contribution in [3.63, 3.8) is 0 Å². The van der Waals surface area contributed by atoms with Gasteiger partial charge in [0.15, 0.2) is 28.8 Å². The van der Waals surface area contributed by atoms with Crippen LogP contribution in [0.3, 0.4) is 0 Å². The quantitative estimate of drug-likeness (QED) is 0.144. The summed E-state index contributed by atoms with van der Waals surface area (Å²) in [4.78, 5) is 26.6. The van der Waals surface area contributed by atoms with Crippen LogP contribution in [0.5, 0.6) is 17.2 Å². The van der Waals surface area contributed by atoms with Crippen molar-refractivity contribution in [1.29, 1.82) is 0 Å². The lowest BCUT2D eigenvalue weighted by molar-refractivity contribution is 0.174. The lowest BCUT2D eigenvalue weighted by Gasteiger charge is -2.07. The predicted molar refractivity (Wildman–Crippen MR) is 569 cm³/mol. The largest absolute Gasteiger partial charge is 0.454 e. The molecule has 3 aliphatic rings. The minimum Gasteiger partial charge on any atom is -0.454 e. The zero-order chi connectivity index (χ0) is 96.9. The molecule has 13 aromatic rings. The molecular formula is C110H191N13O3. The molecule has 0 saturated heterocycles. The first-order chi connectivity index (χ1) is 59.2. The molecule has 714 valence electrons. The van der Waals surface area contributed by atoms with E-state index in [4.69, 9.17) is 14.2 Å². The Kier molecular flexibility index (Phi) is 101. The highest BCUT2D eigenvalue weighted by Gasteiger charge is 2.19. The average Bonchev–Trinajstić information content (AvgIpc) is 1.68. The highest BCUT2D eigenvalue weighted by molar-refractivity contribution is 5.76. The molecule has 0 radical (unpaired) electrons. The first kappa shape index (κ1) is 136. The van der Waals surface area contributed by atoms with Crippen molar-refractivity contribution in [1.82, 2.24) is 52.5 Å². The van der Waals surface area contributed by atoms with Crippen LogP contribution in [0.2, 0.25) is 0 Å². The Bertz CT molecular complexity index is 3950. The van der Waals surface area contributed by atoms with Crippen LogP contribution in [0.25, 0.3) is 39.0 Å². The van der Waals surface area contributed by atoms with Crippen LogP contribution in [0.15, 0.2) is 256 Å². The number of rotatable bonds is 0. The standard InChI is InChI=1S/C9H9NO.2C8H8N2.C8H7N.2C7H6N2.C7H6O2.C6H5N3.8C4H10.8C2H6.2CH4/c1-7-10(2)8-5-3-4-6-9(8)11-7;1-10-6-4-7-8(10)3-2-5-9-7;1-10-6-4-7-3-2-5-9-8(7)10;1-2-4-8-7(3-1)5-6-9-8;2*1-2-5-9-6-4-8-7(9)3-1;1-2-4-7-6(3-1)8-5-9-7;1-2-4-9-6(3-1)7-5-8-9;8*1-4(2)3;8*1-2;;/h3-6H,1H2,2H3;2*2-6H,1H3;1-4,6H,5H2;2*1-6H;1-4H,5H2;1-5H;8*4H,1-3H3;8*1-2H3;2*1H4. The summed E-state index contributed by atoms with van der Waals surface area (Å²) < 4.78 is 25.2. The Hall–Kier alpha value is -10.4. The normalized spacial score (nSPS) is 9.77. The summed E-state index contributed by atoms with van der Waals surface area (Å²) in [6, 6.07) is 53.4. The smallest absolute Gasteiger partial charge is 0.231 e. The predicted octanol–water partition coefficient (Wildman–Crippen LogP) is 34.7. The maximum absolute atomic E-state index is 5.35. The van der Waals surface area contributed by atoms with Gasteiger partial charge in [-0.1, -0.05) is 352 Å². The number of imidazole rings is 2. The third-order valence-corrected chi connectivity index (χ3v) is 11.7. The van der Waals surface area contributed by atoms with E-state index in [1.165, 1.54) is 22.8 Å². The molecule has 126 heavy (non-hydrogen) atoms. The van der Waals surface area contributed by atoms with Crippen molar-refractivity contribution >= 4 is 56.6 Å². The molecule has 0 bridgehead atoms. The number of para-hydroxylation sites is 5. The first-order valence-electron chi connectivity index (χ1n) is 46.1. The van der Waals surface area contributed by atoms with E-state index in [2.05, 4.69) is 237 Å². The summed E-state index contributed by atoms with van der Waals surface area (Å²) in [6.45, 7) is 88.1. The SMILES string of the molecule is C.C.C1=Nc2ccccc2C1.C=C1Oc2ccccc2N1C.CC.CC.CC.CC.CC.CC.CC.CC.CC(C)C.CC(C)C.CC(C)C.CC(C)C.CC(C)C.CC(C)C.CC(C)C.CC(C)C.Cn1ccc2cccnc21.Cn1ccc2ncccc21.c1ccc2c(c1)OCO2.c1ccn2ccnc2c1.c1ccn2ccnc2c1.c1ccn2ncnc2c1. The summed E-state index contributed by atoms with van der Waals surface area (Å²) in [5, 5.41) is 5.12. The fraction of sp³-hybridized carbons (Fsp3) is 0.500. The minimum atomic E-state index is 0. The van der Waals surface area contributed by atoms with Crippen LogP contribution >= 0.6 is 0 Å². The van der Waals surface area contributed by atoms with Gasteiger partial charge in [0.25, 0.3) is 0 Å². The van der Waals surface area contributed by atoms with Crippen LogP contribution in [0.4, 0.5) is 11.4 Å². The Morgan fingerprint density at radius 2 is 0.706 bits per heavy atom. The number of ether oxygens (including phenoxy) is 3.